The monoisotopic (exact) mass is 1470 g/mol. The molecule has 5 heterocycles. The van der Waals surface area contributed by atoms with Gasteiger partial charge in [-0.1, -0.05) is 271 Å². The summed E-state index contributed by atoms with van der Waals surface area (Å²) in [4.78, 5) is 5.16. The molecule has 0 bridgehead atoms. The molecule has 0 unspecified atom stereocenters. The third kappa shape index (κ3) is 11.2. The second-order valence-electron chi connectivity index (χ2n) is 35.8. The fraction of sp³-hybridized carbons (Fsp3) is 0.168. The lowest BCUT2D eigenvalue weighted by molar-refractivity contribution is 0.590. The molecule has 1 aliphatic carbocycles. The van der Waals surface area contributed by atoms with Gasteiger partial charge in [0.15, 0.2) is 0 Å². The normalized spacial score (nSPS) is 13.4. The predicted octanol–water partition coefficient (Wildman–Crippen LogP) is 26.2. The number of anilines is 6. The van der Waals surface area contributed by atoms with Crippen LogP contribution < -0.4 is 26.2 Å². The van der Waals surface area contributed by atoms with Crippen molar-refractivity contribution in [2.75, 3.05) is 9.80 Å². The molecule has 0 spiro atoms. The van der Waals surface area contributed by atoms with Gasteiger partial charge in [-0.25, -0.2) is 0 Å². The van der Waals surface area contributed by atoms with E-state index in [0.717, 1.165) is 147 Å². The Kier molecular flexibility index (Phi) is 16.0. The summed E-state index contributed by atoms with van der Waals surface area (Å²) in [6.45, 7) is 27.4. The maximum absolute atomic E-state index is 11.9. The molecule has 550 valence electrons. The van der Waals surface area contributed by atoms with Crippen LogP contribution in [0.3, 0.4) is 0 Å². The highest BCUT2D eigenvalue weighted by molar-refractivity contribution is 7.00. The molecule has 14 aromatic carbocycles. The summed E-state index contributed by atoms with van der Waals surface area (Å²) in [6, 6.07) is 118. The van der Waals surface area contributed by atoms with E-state index in [0.29, 0.717) is 5.56 Å². The molecule has 3 aromatic heterocycles. The molecule has 0 saturated carbocycles. The number of fused-ring (bicyclic) bond motifs is 13. The first-order valence-electron chi connectivity index (χ1n) is 40.4. The van der Waals surface area contributed by atoms with E-state index in [2.05, 4.69) is 416 Å². The van der Waals surface area contributed by atoms with Crippen molar-refractivity contribution >= 4 is 118 Å². The van der Waals surface area contributed by atoms with Crippen molar-refractivity contribution in [1.29, 1.82) is 5.26 Å². The van der Waals surface area contributed by atoms with Gasteiger partial charge in [-0.2, -0.15) is 5.26 Å². The number of rotatable bonds is 9. The van der Waals surface area contributed by atoms with Crippen molar-refractivity contribution in [1.82, 2.24) is 13.7 Å². The predicted molar refractivity (Wildman–Crippen MR) is 482 cm³/mol. The van der Waals surface area contributed by atoms with Crippen LogP contribution in [0.15, 0.2) is 291 Å². The minimum absolute atomic E-state index is 0.0841. The summed E-state index contributed by atoms with van der Waals surface area (Å²) in [5.74, 6) is 0. The Morgan fingerprint density at radius 2 is 0.825 bits per heavy atom. The Balaban J connectivity index is 0.939. The molecular weight excluding hydrogens is 1380 g/mol. The topological polar surface area (TPSA) is 45.1 Å². The van der Waals surface area contributed by atoms with E-state index in [9.17, 15) is 5.26 Å². The fourth-order valence-corrected chi connectivity index (χ4v) is 18.7. The molecular formula is C107H89BN6. The number of hydrogen-bond acceptors (Lipinski definition) is 3. The Morgan fingerprint density at radius 3 is 1.43 bits per heavy atom. The molecule has 0 radical (unpaired) electrons. The first-order valence-corrected chi connectivity index (χ1v) is 40.4. The molecule has 20 rings (SSSR count). The molecule has 2 aliphatic heterocycles. The van der Waals surface area contributed by atoms with E-state index in [-0.39, 0.29) is 21.7 Å². The van der Waals surface area contributed by atoms with Gasteiger partial charge in [0.1, 0.15) is 0 Å². The van der Waals surface area contributed by atoms with Crippen LogP contribution >= 0.6 is 0 Å². The maximum Gasteiger partial charge on any atom is 0.262 e. The first kappa shape index (κ1) is 70.1. The second kappa shape index (κ2) is 26.0. The molecule has 0 N–H and O–H groups in total. The van der Waals surface area contributed by atoms with Crippen LogP contribution in [-0.4, -0.2) is 20.4 Å². The minimum atomic E-state index is -0.396. The summed E-state index contributed by atoms with van der Waals surface area (Å²) in [5.41, 5.74) is 34.0. The zero-order valence-corrected chi connectivity index (χ0v) is 67.0. The van der Waals surface area contributed by atoms with Crippen LogP contribution in [-0.2, 0) is 28.1 Å². The Hall–Kier alpha value is -13.1. The smallest absolute Gasteiger partial charge is 0.262 e. The van der Waals surface area contributed by atoms with Gasteiger partial charge in [0.25, 0.3) is 6.71 Å². The summed E-state index contributed by atoms with van der Waals surface area (Å²) in [7, 11) is 0. The molecule has 0 fully saturated rings. The molecule has 0 saturated heterocycles. The van der Waals surface area contributed by atoms with E-state index in [1.54, 1.807) is 0 Å². The van der Waals surface area contributed by atoms with Gasteiger partial charge < -0.3 is 23.5 Å². The molecule has 7 heteroatoms. The van der Waals surface area contributed by atoms with Gasteiger partial charge in [0, 0.05) is 99.9 Å². The van der Waals surface area contributed by atoms with Crippen molar-refractivity contribution in [3.63, 3.8) is 0 Å². The molecule has 114 heavy (non-hydrogen) atoms. The zero-order valence-electron chi connectivity index (χ0n) is 67.0. The fourth-order valence-electron chi connectivity index (χ4n) is 18.7. The average Bonchev–Trinajstić information content (AvgIpc) is 1.59. The van der Waals surface area contributed by atoms with Gasteiger partial charge in [0.2, 0.25) is 0 Å². The maximum atomic E-state index is 11.9. The molecule has 0 atom stereocenters. The van der Waals surface area contributed by atoms with Crippen LogP contribution in [0.1, 0.15) is 129 Å². The Bertz CT molecular complexity index is 6800. The Labute approximate surface area is 669 Å². The number of hydrogen-bond donors (Lipinski definition) is 0. The van der Waals surface area contributed by atoms with Gasteiger partial charge in [-0.3, -0.25) is 0 Å². The van der Waals surface area contributed by atoms with E-state index >= 15 is 0 Å². The van der Waals surface area contributed by atoms with Crippen molar-refractivity contribution in [2.45, 2.75) is 118 Å². The van der Waals surface area contributed by atoms with Crippen molar-refractivity contribution < 1.29 is 0 Å². The van der Waals surface area contributed by atoms with Crippen LogP contribution in [0, 0.1) is 23.5 Å². The number of para-hydroxylation sites is 4. The van der Waals surface area contributed by atoms with Gasteiger partial charge >= 0.3 is 0 Å². The summed E-state index contributed by atoms with van der Waals surface area (Å²) in [6.07, 6.45) is 6.55. The van der Waals surface area contributed by atoms with E-state index in [1.807, 2.05) is 6.07 Å². The Morgan fingerprint density at radius 1 is 0.342 bits per heavy atom. The van der Waals surface area contributed by atoms with Crippen LogP contribution in [0.5, 0.6) is 0 Å². The highest BCUT2D eigenvalue weighted by Crippen LogP contribution is 2.53. The number of nitrogens with zero attached hydrogens (tertiary/aromatic N) is 6. The van der Waals surface area contributed by atoms with Gasteiger partial charge in [0.05, 0.1) is 62.0 Å². The lowest BCUT2D eigenvalue weighted by Gasteiger charge is -2.45. The molecule has 6 nitrogen and oxygen atoms in total. The lowest BCUT2D eigenvalue weighted by Crippen LogP contribution is -2.61. The number of benzene rings is 13. The third-order valence-electron chi connectivity index (χ3n) is 24.6. The quantitative estimate of drug-likeness (QED) is 0.135. The number of nitriles is 1. The SMILES string of the molecule is CC(C)(C)c1ccc(N2c3cc(-n4c5ccc(C(C)(C)C)cc5c5cc(C(C)(C)C)ccc54)ccc3B3c4c#cc(-c5cc(C(C)(C)C)ccc5-n5c6c(c7ccccc75)C=CCC6)cc4N(c4ccccc4-c4ccccc4)c4cc(-c5cc(-n6c7ccccc7c7ccccc76)ccc5C#N)cc2c43)c(-c2ccccc2)c1. The van der Waals surface area contributed by atoms with Gasteiger partial charge in [-0.15, -0.1) is 0 Å². The molecule has 0 amide bonds. The minimum Gasteiger partial charge on any atom is -0.312 e. The van der Waals surface area contributed by atoms with Crippen LogP contribution in [0.2, 0.25) is 0 Å². The summed E-state index contributed by atoms with van der Waals surface area (Å²) < 4.78 is 7.44. The lowest BCUT2D eigenvalue weighted by atomic mass is 9.33. The molecule has 3 aliphatic rings. The first-order chi connectivity index (χ1) is 55.0. The van der Waals surface area contributed by atoms with Crippen molar-refractivity contribution in [3.8, 4) is 67.6 Å². The third-order valence-corrected chi connectivity index (χ3v) is 24.6. The number of aromatic nitrogens is 3. The van der Waals surface area contributed by atoms with Crippen molar-refractivity contribution in [3.05, 3.63) is 342 Å². The number of allylic oxidation sites excluding steroid dienone is 1. The van der Waals surface area contributed by atoms with Gasteiger partial charge in [-0.05, 0) is 206 Å². The average molecular weight is 1470 g/mol. The second-order valence-corrected chi connectivity index (χ2v) is 35.8. The highest BCUT2D eigenvalue weighted by atomic mass is 15.2. The summed E-state index contributed by atoms with van der Waals surface area (Å²) in [5, 5.41) is 18.0. The highest BCUT2D eigenvalue weighted by Gasteiger charge is 2.46. The van der Waals surface area contributed by atoms with Crippen LogP contribution in [0.4, 0.5) is 34.1 Å². The van der Waals surface area contributed by atoms with E-state index in [1.165, 1.54) is 66.0 Å². The molecule has 17 aromatic rings. The summed E-state index contributed by atoms with van der Waals surface area (Å²) >= 11 is 0. The van der Waals surface area contributed by atoms with E-state index < -0.39 is 6.71 Å². The van der Waals surface area contributed by atoms with Crippen LogP contribution in [0.25, 0.3) is 122 Å². The van der Waals surface area contributed by atoms with Crippen molar-refractivity contribution in [2.24, 2.45) is 0 Å². The zero-order chi connectivity index (χ0) is 78.0. The standard InChI is InChI=1S/C107H89BN6/c1-104(2,3)72-45-53-95(84(60-72)68-31-17-14-18-32-68)114-100-65-77(111-97-55-47-74(106(7,8)9)62-86(97)87-63-75(107(10,11)12)48-56-98(87)111)50-52-89(100)108-88-51-44-69(85-61-73(105(4,5)6)46-54-96(85)112-93-41-27-22-36-81(93)82-37-23-28-42-94(82)112)57-99(88)113(90-38-24-19-33-78(90)67-29-15-13-16-30-67)101-58-71(59-102(114)103(101)108)83-64-76(49-43-70(83)66-109)110-91-39-25-20-34-79(91)80-35-21-26-40-92(80)110/h13-27,29-41,43,45-50,52-65H,28,42H2,1-12H3. The van der Waals surface area contributed by atoms with E-state index in [4.69, 9.17) is 0 Å². The largest absolute Gasteiger partial charge is 0.312 e.